The maximum absolute atomic E-state index is 2.56. The summed E-state index contributed by atoms with van der Waals surface area (Å²) in [6, 6.07) is 0. The molecule has 1 saturated carbocycles. The third-order valence-corrected chi connectivity index (χ3v) is 5.04. The summed E-state index contributed by atoms with van der Waals surface area (Å²) < 4.78 is 0. The van der Waals surface area contributed by atoms with Crippen LogP contribution in [0.2, 0.25) is 0 Å². The molecule has 0 saturated heterocycles. The highest BCUT2D eigenvalue weighted by Crippen LogP contribution is 2.41. The first-order chi connectivity index (χ1) is 9.28. The molecule has 0 heteroatoms. The van der Waals surface area contributed by atoms with Crippen LogP contribution in [0, 0.1) is 16.7 Å². The lowest BCUT2D eigenvalue weighted by molar-refractivity contribution is 0.192. The molecular weight excluding hydrogens is 240 g/mol. The predicted octanol–water partition coefficient (Wildman–Crippen LogP) is 6.45. The lowest BCUT2D eigenvalue weighted by Gasteiger charge is -2.34. The van der Waals surface area contributed by atoms with E-state index in [2.05, 4.69) is 58.9 Å². The zero-order valence-corrected chi connectivity index (χ0v) is 14.1. The number of hydrogen-bond donors (Lipinski definition) is 0. The van der Waals surface area contributed by atoms with Crippen LogP contribution in [0.4, 0.5) is 0 Å². The van der Waals surface area contributed by atoms with Crippen molar-refractivity contribution in [3.05, 3.63) is 35.5 Å². The van der Waals surface area contributed by atoms with Crippen molar-refractivity contribution in [3.63, 3.8) is 0 Å². The van der Waals surface area contributed by atoms with Gasteiger partial charge in [0, 0.05) is 0 Å². The zero-order chi connectivity index (χ0) is 14.8. The van der Waals surface area contributed by atoms with Crippen molar-refractivity contribution in [2.45, 2.75) is 73.1 Å². The Balaban J connectivity index is 2.00. The summed E-state index contributed by atoms with van der Waals surface area (Å²) in [6.45, 7) is 11.9. The van der Waals surface area contributed by atoms with E-state index in [1.165, 1.54) is 37.7 Å². The summed E-state index contributed by atoms with van der Waals surface area (Å²) in [6.07, 6.45) is 17.4. The van der Waals surface area contributed by atoms with Crippen molar-refractivity contribution < 1.29 is 0 Å². The van der Waals surface area contributed by atoms with Crippen LogP contribution in [0.5, 0.6) is 0 Å². The van der Waals surface area contributed by atoms with E-state index in [9.17, 15) is 0 Å². The van der Waals surface area contributed by atoms with Crippen molar-refractivity contribution in [1.29, 1.82) is 0 Å². The number of allylic oxidation sites excluding steroid dienone is 6. The first kappa shape index (κ1) is 15.6. The summed E-state index contributed by atoms with van der Waals surface area (Å²) >= 11 is 0. The Morgan fingerprint density at radius 1 is 1.25 bits per heavy atom. The topological polar surface area (TPSA) is 0 Å². The molecule has 2 rings (SSSR count). The molecule has 0 N–H and O–H groups in total. The molecule has 0 aromatic carbocycles. The summed E-state index contributed by atoms with van der Waals surface area (Å²) in [4.78, 5) is 0. The van der Waals surface area contributed by atoms with Gasteiger partial charge in [-0.15, -0.1) is 0 Å². The quantitative estimate of drug-likeness (QED) is 0.553. The van der Waals surface area contributed by atoms with Crippen molar-refractivity contribution in [1.82, 2.24) is 0 Å². The lowest BCUT2D eigenvalue weighted by Crippen LogP contribution is -2.21. The Hall–Kier alpha value is -0.780. The third-order valence-electron chi connectivity index (χ3n) is 5.04. The van der Waals surface area contributed by atoms with Gasteiger partial charge in [0.25, 0.3) is 0 Å². The molecule has 0 aromatic rings. The SMILES string of the molecule is CC1(C)CCC(C/C=C(\C2=CC=CC2)C(C)(C)C)CC1. The standard InChI is InChI=1S/C20H32/c1-19(2,3)18(17-8-6-7-9-17)11-10-16-12-14-20(4,5)15-13-16/h6-8,11,16H,9-10,12-15H2,1-5H3/b18-11+. The molecule has 0 spiro atoms. The van der Waals surface area contributed by atoms with Gasteiger partial charge in [-0.3, -0.25) is 0 Å². The molecule has 0 nitrogen and oxygen atoms in total. The van der Waals surface area contributed by atoms with Gasteiger partial charge in [-0.1, -0.05) is 58.9 Å². The minimum absolute atomic E-state index is 0.270. The van der Waals surface area contributed by atoms with E-state index >= 15 is 0 Å². The molecule has 2 aliphatic carbocycles. The highest BCUT2D eigenvalue weighted by Gasteiger charge is 2.27. The largest absolute Gasteiger partial charge is 0.0802 e. The highest BCUT2D eigenvalue weighted by atomic mass is 14.3. The molecule has 0 amide bonds. The maximum Gasteiger partial charge on any atom is -0.00915 e. The Morgan fingerprint density at radius 2 is 1.90 bits per heavy atom. The van der Waals surface area contributed by atoms with E-state index in [0.717, 1.165) is 12.3 Å². The predicted molar refractivity (Wildman–Crippen MR) is 89.7 cm³/mol. The van der Waals surface area contributed by atoms with Crippen molar-refractivity contribution >= 4 is 0 Å². The molecule has 112 valence electrons. The third kappa shape index (κ3) is 4.11. The average molecular weight is 272 g/mol. The van der Waals surface area contributed by atoms with Gasteiger partial charge < -0.3 is 0 Å². The van der Waals surface area contributed by atoms with Gasteiger partial charge in [0.05, 0.1) is 0 Å². The summed E-state index contributed by atoms with van der Waals surface area (Å²) in [7, 11) is 0. The molecule has 2 aliphatic rings. The summed E-state index contributed by atoms with van der Waals surface area (Å²) in [5.74, 6) is 0.912. The molecule has 0 aromatic heterocycles. The number of rotatable bonds is 3. The molecule has 0 radical (unpaired) electrons. The molecule has 1 fully saturated rings. The minimum atomic E-state index is 0.270. The molecule has 20 heavy (non-hydrogen) atoms. The Labute approximate surface area is 126 Å². The van der Waals surface area contributed by atoms with E-state index in [1.807, 2.05) is 0 Å². The van der Waals surface area contributed by atoms with Crippen LogP contribution in [0.25, 0.3) is 0 Å². The van der Waals surface area contributed by atoms with Gasteiger partial charge in [-0.2, -0.15) is 0 Å². The molecular formula is C20H32. The fourth-order valence-electron chi connectivity index (χ4n) is 3.55. The van der Waals surface area contributed by atoms with Gasteiger partial charge >= 0.3 is 0 Å². The summed E-state index contributed by atoms with van der Waals surface area (Å²) in [5, 5.41) is 0. The van der Waals surface area contributed by atoms with Crippen LogP contribution in [-0.4, -0.2) is 0 Å². The monoisotopic (exact) mass is 272 g/mol. The van der Waals surface area contributed by atoms with Crippen LogP contribution in [0.1, 0.15) is 73.1 Å². The second-order valence-corrected chi connectivity index (χ2v) is 8.54. The maximum atomic E-state index is 2.56. The van der Waals surface area contributed by atoms with Crippen molar-refractivity contribution in [2.75, 3.05) is 0 Å². The Morgan fingerprint density at radius 3 is 2.40 bits per heavy atom. The average Bonchev–Trinajstić information content (AvgIpc) is 2.83. The molecule has 0 bridgehead atoms. The lowest BCUT2D eigenvalue weighted by atomic mass is 9.71. The van der Waals surface area contributed by atoms with Gasteiger partial charge in [0.15, 0.2) is 0 Å². The Bertz CT molecular complexity index is 413. The zero-order valence-electron chi connectivity index (χ0n) is 14.1. The van der Waals surface area contributed by atoms with Gasteiger partial charge in [-0.05, 0) is 66.4 Å². The second kappa shape index (κ2) is 5.92. The molecule has 0 unspecified atom stereocenters. The van der Waals surface area contributed by atoms with E-state index in [-0.39, 0.29) is 5.41 Å². The van der Waals surface area contributed by atoms with E-state index < -0.39 is 0 Å². The van der Waals surface area contributed by atoms with Crippen molar-refractivity contribution in [2.24, 2.45) is 16.7 Å². The molecule has 0 atom stereocenters. The Kier molecular flexibility index (Phi) is 4.62. The molecule has 0 heterocycles. The fraction of sp³-hybridized carbons (Fsp3) is 0.700. The highest BCUT2D eigenvalue weighted by molar-refractivity contribution is 5.42. The van der Waals surface area contributed by atoms with E-state index in [1.54, 1.807) is 5.57 Å². The first-order valence-corrected chi connectivity index (χ1v) is 8.35. The van der Waals surface area contributed by atoms with E-state index in [4.69, 9.17) is 0 Å². The second-order valence-electron chi connectivity index (χ2n) is 8.54. The summed E-state index contributed by atoms with van der Waals surface area (Å²) in [5.41, 5.74) is 3.97. The smallest absolute Gasteiger partial charge is 0.00915 e. The minimum Gasteiger partial charge on any atom is -0.0802 e. The van der Waals surface area contributed by atoms with Gasteiger partial charge in [-0.25, -0.2) is 0 Å². The first-order valence-electron chi connectivity index (χ1n) is 8.35. The van der Waals surface area contributed by atoms with Crippen LogP contribution in [0.15, 0.2) is 35.5 Å². The van der Waals surface area contributed by atoms with Crippen molar-refractivity contribution in [3.8, 4) is 0 Å². The van der Waals surface area contributed by atoms with Crippen LogP contribution < -0.4 is 0 Å². The molecule has 0 aliphatic heterocycles. The van der Waals surface area contributed by atoms with E-state index in [0.29, 0.717) is 5.41 Å². The normalized spacial score (nSPS) is 24.1. The van der Waals surface area contributed by atoms with Crippen LogP contribution in [-0.2, 0) is 0 Å². The van der Waals surface area contributed by atoms with Gasteiger partial charge in [0.2, 0.25) is 0 Å². The van der Waals surface area contributed by atoms with Crippen LogP contribution >= 0.6 is 0 Å². The fourth-order valence-corrected chi connectivity index (χ4v) is 3.55. The van der Waals surface area contributed by atoms with Gasteiger partial charge in [0.1, 0.15) is 0 Å². The number of hydrogen-bond acceptors (Lipinski definition) is 0. The van der Waals surface area contributed by atoms with Crippen LogP contribution in [0.3, 0.4) is 0 Å².